The van der Waals surface area contributed by atoms with Crippen LogP contribution in [-0.2, 0) is 0 Å². The van der Waals surface area contributed by atoms with Gasteiger partial charge in [-0.05, 0) is 24.7 Å². The summed E-state index contributed by atoms with van der Waals surface area (Å²) in [6.07, 6.45) is 5.36. The van der Waals surface area contributed by atoms with Crippen molar-refractivity contribution in [3.05, 3.63) is 11.9 Å². The van der Waals surface area contributed by atoms with Crippen LogP contribution >= 0.6 is 0 Å². The quantitative estimate of drug-likeness (QED) is 0.822. The first-order valence-corrected chi connectivity index (χ1v) is 6.50. The van der Waals surface area contributed by atoms with Gasteiger partial charge in [-0.3, -0.25) is 0 Å². The number of aromatic nitrogens is 2. The van der Waals surface area contributed by atoms with Gasteiger partial charge >= 0.3 is 0 Å². The molecule has 2 atom stereocenters. The molecule has 17 heavy (non-hydrogen) atoms. The molecule has 1 saturated carbocycles. The number of nitrogens with zero attached hydrogens (tertiary/aromatic N) is 2. The molecule has 4 heteroatoms. The molecule has 94 valence electrons. The third-order valence-corrected chi connectivity index (χ3v) is 3.40. The highest BCUT2D eigenvalue weighted by Crippen LogP contribution is 2.38. The van der Waals surface area contributed by atoms with Crippen molar-refractivity contribution in [2.45, 2.75) is 52.0 Å². The number of anilines is 2. The van der Waals surface area contributed by atoms with Crippen molar-refractivity contribution in [1.29, 1.82) is 0 Å². The topological polar surface area (TPSA) is 63.8 Å². The van der Waals surface area contributed by atoms with Gasteiger partial charge in [0.2, 0.25) is 0 Å². The minimum Gasteiger partial charge on any atom is -0.383 e. The van der Waals surface area contributed by atoms with E-state index in [4.69, 9.17) is 5.73 Å². The van der Waals surface area contributed by atoms with Crippen LogP contribution in [0.15, 0.2) is 6.33 Å². The van der Waals surface area contributed by atoms with Crippen molar-refractivity contribution in [3.8, 4) is 0 Å². The van der Waals surface area contributed by atoms with E-state index in [9.17, 15) is 0 Å². The largest absolute Gasteiger partial charge is 0.383 e. The molecule has 0 bridgehead atoms. The lowest BCUT2D eigenvalue weighted by Crippen LogP contribution is -2.12. The Morgan fingerprint density at radius 3 is 2.88 bits per heavy atom. The SMILES string of the molecule is CCCC1CC1Nc1ncnc(N)c1C(C)C. The zero-order valence-corrected chi connectivity index (χ0v) is 10.9. The third-order valence-electron chi connectivity index (χ3n) is 3.40. The Labute approximate surface area is 103 Å². The van der Waals surface area contributed by atoms with Gasteiger partial charge in [0, 0.05) is 11.6 Å². The predicted molar refractivity (Wildman–Crippen MR) is 71.0 cm³/mol. The summed E-state index contributed by atoms with van der Waals surface area (Å²) in [6, 6.07) is 0.585. The molecule has 0 aliphatic heterocycles. The van der Waals surface area contributed by atoms with E-state index in [2.05, 4.69) is 36.1 Å². The van der Waals surface area contributed by atoms with Crippen molar-refractivity contribution in [2.24, 2.45) is 5.92 Å². The van der Waals surface area contributed by atoms with Gasteiger partial charge in [0.1, 0.15) is 18.0 Å². The molecule has 1 heterocycles. The minimum atomic E-state index is 0.349. The third kappa shape index (κ3) is 2.68. The van der Waals surface area contributed by atoms with E-state index in [1.807, 2.05) is 0 Å². The molecule has 0 radical (unpaired) electrons. The summed E-state index contributed by atoms with van der Waals surface area (Å²) in [5, 5.41) is 3.51. The summed E-state index contributed by atoms with van der Waals surface area (Å²) in [6.45, 7) is 6.48. The fourth-order valence-electron chi connectivity index (χ4n) is 2.38. The van der Waals surface area contributed by atoms with Crippen molar-refractivity contribution < 1.29 is 0 Å². The van der Waals surface area contributed by atoms with Crippen molar-refractivity contribution >= 4 is 11.6 Å². The predicted octanol–water partition coefficient (Wildman–Crippen LogP) is 2.78. The van der Waals surface area contributed by atoms with Crippen molar-refractivity contribution in [1.82, 2.24) is 9.97 Å². The van der Waals surface area contributed by atoms with Crippen LogP contribution in [0.3, 0.4) is 0 Å². The molecule has 1 aromatic heterocycles. The normalized spacial score (nSPS) is 22.8. The fraction of sp³-hybridized carbons (Fsp3) is 0.692. The Kier molecular flexibility index (Phi) is 3.50. The Hall–Kier alpha value is -1.32. The van der Waals surface area contributed by atoms with Gasteiger partial charge < -0.3 is 11.1 Å². The van der Waals surface area contributed by atoms with Crippen LogP contribution in [0.25, 0.3) is 0 Å². The summed E-state index contributed by atoms with van der Waals surface area (Å²) in [7, 11) is 0. The number of hydrogen-bond acceptors (Lipinski definition) is 4. The van der Waals surface area contributed by atoms with Crippen LogP contribution in [0, 0.1) is 5.92 Å². The highest BCUT2D eigenvalue weighted by Gasteiger charge is 2.36. The van der Waals surface area contributed by atoms with Gasteiger partial charge in [-0.25, -0.2) is 9.97 Å². The first kappa shape index (κ1) is 12.1. The molecule has 2 unspecified atom stereocenters. The lowest BCUT2D eigenvalue weighted by Gasteiger charge is -2.14. The maximum Gasteiger partial charge on any atom is 0.135 e. The van der Waals surface area contributed by atoms with Gasteiger partial charge in [-0.1, -0.05) is 27.2 Å². The zero-order chi connectivity index (χ0) is 12.4. The van der Waals surface area contributed by atoms with Gasteiger partial charge in [-0.15, -0.1) is 0 Å². The van der Waals surface area contributed by atoms with Crippen LogP contribution in [-0.4, -0.2) is 16.0 Å². The number of nitrogens with one attached hydrogen (secondary N) is 1. The van der Waals surface area contributed by atoms with Crippen LogP contribution in [0.5, 0.6) is 0 Å². The van der Waals surface area contributed by atoms with E-state index in [0.717, 1.165) is 17.3 Å². The Bertz CT molecular complexity index is 389. The summed E-state index contributed by atoms with van der Waals surface area (Å²) < 4.78 is 0. The average molecular weight is 234 g/mol. The zero-order valence-electron chi connectivity index (χ0n) is 10.9. The molecule has 3 N–H and O–H groups in total. The lowest BCUT2D eigenvalue weighted by molar-refractivity contribution is 0.691. The summed E-state index contributed by atoms with van der Waals surface area (Å²) in [5.74, 6) is 2.69. The van der Waals surface area contributed by atoms with E-state index in [1.165, 1.54) is 19.3 Å². The molecule has 0 aromatic carbocycles. The second kappa shape index (κ2) is 4.90. The maximum absolute atomic E-state index is 5.92. The number of rotatable bonds is 5. The Morgan fingerprint density at radius 1 is 1.47 bits per heavy atom. The molecule has 0 amide bonds. The first-order chi connectivity index (χ1) is 8.13. The Balaban J connectivity index is 2.09. The first-order valence-electron chi connectivity index (χ1n) is 6.50. The van der Waals surface area contributed by atoms with Crippen molar-refractivity contribution in [2.75, 3.05) is 11.1 Å². The van der Waals surface area contributed by atoms with E-state index in [1.54, 1.807) is 6.33 Å². The minimum absolute atomic E-state index is 0.349. The molecule has 2 rings (SSSR count). The summed E-state index contributed by atoms with van der Waals surface area (Å²) in [5.41, 5.74) is 6.97. The standard InChI is InChI=1S/C13H22N4/c1-4-5-9-6-10(9)17-13-11(8(2)3)12(14)15-7-16-13/h7-10H,4-6H2,1-3H3,(H3,14,15,16,17). The molecule has 1 aliphatic rings. The second-order valence-electron chi connectivity index (χ2n) is 5.21. The average Bonchev–Trinajstić information content (AvgIpc) is 2.96. The van der Waals surface area contributed by atoms with Crippen LogP contribution in [0.1, 0.15) is 51.5 Å². The van der Waals surface area contributed by atoms with Crippen LogP contribution < -0.4 is 11.1 Å². The monoisotopic (exact) mass is 234 g/mol. The summed E-state index contributed by atoms with van der Waals surface area (Å²) >= 11 is 0. The molecule has 1 aromatic rings. The van der Waals surface area contributed by atoms with Crippen LogP contribution in [0.2, 0.25) is 0 Å². The maximum atomic E-state index is 5.92. The molecule has 4 nitrogen and oxygen atoms in total. The van der Waals surface area contributed by atoms with E-state index >= 15 is 0 Å². The molecular formula is C13H22N4. The molecule has 1 aliphatic carbocycles. The van der Waals surface area contributed by atoms with Gasteiger partial charge in [-0.2, -0.15) is 0 Å². The van der Waals surface area contributed by atoms with Crippen LogP contribution in [0.4, 0.5) is 11.6 Å². The lowest BCUT2D eigenvalue weighted by atomic mass is 10.0. The van der Waals surface area contributed by atoms with E-state index in [-0.39, 0.29) is 0 Å². The smallest absolute Gasteiger partial charge is 0.135 e. The highest BCUT2D eigenvalue weighted by atomic mass is 15.1. The Morgan fingerprint density at radius 2 is 2.24 bits per heavy atom. The van der Waals surface area contributed by atoms with Crippen molar-refractivity contribution in [3.63, 3.8) is 0 Å². The molecule has 0 saturated heterocycles. The number of hydrogen-bond donors (Lipinski definition) is 2. The van der Waals surface area contributed by atoms with Gasteiger partial charge in [0.15, 0.2) is 0 Å². The second-order valence-corrected chi connectivity index (χ2v) is 5.21. The fourth-order valence-corrected chi connectivity index (χ4v) is 2.38. The molecule has 1 fully saturated rings. The highest BCUT2D eigenvalue weighted by molar-refractivity contribution is 5.57. The summed E-state index contributed by atoms with van der Waals surface area (Å²) in [4.78, 5) is 8.40. The number of nitrogen functional groups attached to an aromatic ring is 1. The van der Waals surface area contributed by atoms with Gasteiger partial charge in [0.05, 0.1) is 0 Å². The number of nitrogens with two attached hydrogens (primary N) is 1. The molecule has 0 spiro atoms. The van der Waals surface area contributed by atoms with E-state index in [0.29, 0.717) is 17.8 Å². The van der Waals surface area contributed by atoms with Gasteiger partial charge in [0.25, 0.3) is 0 Å². The molecular weight excluding hydrogens is 212 g/mol. The van der Waals surface area contributed by atoms with E-state index < -0.39 is 0 Å².